The average Bonchev–Trinajstić information content (AvgIpc) is 2.60. The fourth-order valence-corrected chi connectivity index (χ4v) is 3.39. The molecule has 1 aliphatic rings. The highest BCUT2D eigenvalue weighted by Gasteiger charge is 2.33. The first kappa shape index (κ1) is 18.6. The Hall–Kier alpha value is -2.73. The third-order valence-electron chi connectivity index (χ3n) is 4.55. The molecule has 0 saturated carbocycles. The summed E-state index contributed by atoms with van der Waals surface area (Å²) in [6, 6.07) is 6.55. The summed E-state index contributed by atoms with van der Waals surface area (Å²) in [5, 5.41) is -0.173. The molecule has 0 bridgehead atoms. The lowest BCUT2D eigenvalue weighted by molar-refractivity contribution is -0.137. The van der Waals surface area contributed by atoms with Crippen molar-refractivity contribution in [3.63, 3.8) is 0 Å². The highest BCUT2D eigenvalue weighted by molar-refractivity contribution is 6.31. The van der Waals surface area contributed by atoms with Gasteiger partial charge in [0.1, 0.15) is 23.2 Å². The summed E-state index contributed by atoms with van der Waals surface area (Å²) in [6.45, 7) is 3.79. The highest BCUT2D eigenvalue weighted by atomic mass is 35.5. The molecule has 7 heteroatoms. The van der Waals surface area contributed by atoms with E-state index in [4.69, 9.17) is 20.8 Å². The van der Waals surface area contributed by atoms with Crippen LogP contribution in [0.1, 0.15) is 25.0 Å². The van der Waals surface area contributed by atoms with E-state index in [2.05, 4.69) is 0 Å². The van der Waals surface area contributed by atoms with Gasteiger partial charge in [0.2, 0.25) is 5.43 Å². The Labute approximate surface area is 163 Å². The Balaban J connectivity index is 1.90. The van der Waals surface area contributed by atoms with Crippen molar-refractivity contribution in [1.29, 1.82) is 0 Å². The van der Waals surface area contributed by atoms with Gasteiger partial charge >= 0.3 is 6.18 Å². The second-order valence-corrected chi connectivity index (χ2v) is 7.47. The Bertz CT molecular complexity index is 1190. The number of benzene rings is 2. The normalized spacial score (nSPS) is 15.4. The second-order valence-electron chi connectivity index (χ2n) is 7.06. The second kappa shape index (κ2) is 6.14. The van der Waals surface area contributed by atoms with E-state index >= 15 is 0 Å². The molecule has 3 nitrogen and oxygen atoms in total. The predicted molar refractivity (Wildman–Crippen MR) is 102 cm³/mol. The number of alkyl halides is 3. The quantitative estimate of drug-likeness (QED) is 0.475. The van der Waals surface area contributed by atoms with Gasteiger partial charge in [-0.05, 0) is 55.8 Å². The monoisotopic (exact) mass is 406 g/mol. The molecule has 28 heavy (non-hydrogen) atoms. The van der Waals surface area contributed by atoms with Crippen molar-refractivity contribution < 1.29 is 22.3 Å². The molecule has 144 valence electrons. The standard InChI is InChI=1S/C21H14ClF3O3/c1-20(2)8-7-12-17(28-20)6-4-13-18(26)14(10-27-19(12)13)11-3-5-16(22)15(9-11)21(23,24)25/h3-10H,1-2H3. The van der Waals surface area contributed by atoms with Gasteiger partial charge in [0.25, 0.3) is 0 Å². The zero-order chi connectivity index (χ0) is 20.3. The van der Waals surface area contributed by atoms with Crippen molar-refractivity contribution in [2.45, 2.75) is 25.6 Å². The first-order chi connectivity index (χ1) is 13.1. The van der Waals surface area contributed by atoms with E-state index in [0.29, 0.717) is 16.9 Å². The van der Waals surface area contributed by atoms with E-state index in [9.17, 15) is 18.0 Å². The van der Waals surface area contributed by atoms with E-state index in [0.717, 1.165) is 12.1 Å². The molecule has 0 unspecified atom stereocenters. The molecule has 0 fully saturated rings. The molecule has 0 N–H and O–H groups in total. The van der Waals surface area contributed by atoms with Gasteiger partial charge in [-0.3, -0.25) is 4.79 Å². The molecule has 0 amide bonds. The van der Waals surface area contributed by atoms with Crippen LogP contribution in [-0.2, 0) is 6.18 Å². The van der Waals surface area contributed by atoms with E-state index in [1.807, 2.05) is 26.0 Å². The molecule has 0 radical (unpaired) electrons. The van der Waals surface area contributed by atoms with Gasteiger partial charge in [-0.1, -0.05) is 17.7 Å². The van der Waals surface area contributed by atoms with Crippen molar-refractivity contribution >= 4 is 28.6 Å². The zero-order valence-corrected chi connectivity index (χ0v) is 15.6. The van der Waals surface area contributed by atoms with Gasteiger partial charge in [0, 0.05) is 0 Å². The first-order valence-electron chi connectivity index (χ1n) is 8.41. The molecule has 0 aliphatic carbocycles. The van der Waals surface area contributed by atoms with Crippen LogP contribution in [0, 0.1) is 0 Å². The van der Waals surface area contributed by atoms with Crippen molar-refractivity contribution in [2.75, 3.05) is 0 Å². The topological polar surface area (TPSA) is 39.4 Å². The molecule has 1 aromatic heterocycles. The number of fused-ring (bicyclic) bond motifs is 3. The summed E-state index contributed by atoms with van der Waals surface area (Å²) in [7, 11) is 0. The molecule has 4 rings (SSSR count). The molecule has 0 atom stereocenters. The Morgan fingerprint density at radius 1 is 1.11 bits per heavy atom. The maximum absolute atomic E-state index is 13.1. The van der Waals surface area contributed by atoms with Crippen LogP contribution in [0.15, 0.2) is 51.9 Å². The zero-order valence-electron chi connectivity index (χ0n) is 14.9. The van der Waals surface area contributed by atoms with Crippen LogP contribution < -0.4 is 10.2 Å². The Morgan fingerprint density at radius 2 is 1.86 bits per heavy atom. The number of ether oxygens (including phenoxy) is 1. The fraction of sp³-hybridized carbons (Fsp3) is 0.190. The maximum atomic E-state index is 13.1. The van der Waals surface area contributed by atoms with Crippen LogP contribution in [0.2, 0.25) is 5.02 Å². The van der Waals surface area contributed by atoms with Crippen LogP contribution >= 0.6 is 11.6 Å². The molecular weight excluding hydrogens is 393 g/mol. The van der Waals surface area contributed by atoms with Crippen molar-refractivity contribution in [2.24, 2.45) is 0 Å². The molecular formula is C21H14ClF3O3. The van der Waals surface area contributed by atoms with E-state index < -0.39 is 27.8 Å². The summed E-state index contributed by atoms with van der Waals surface area (Å²) in [4.78, 5) is 12.9. The summed E-state index contributed by atoms with van der Waals surface area (Å²) >= 11 is 5.66. The van der Waals surface area contributed by atoms with Gasteiger partial charge in [0.15, 0.2) is 0 Å². The van der Waals surface area contributed by atoms with E-state index in [-0.39, 0.29) is 16.5 Å². The van der Waals surface area contributed by atoms with Crippen LogP contribution in [0.4, 0.5) is 13.2 Å². The number of halogens is 4. The van der Waals surface area contributed by atoms with Gasteiger partial charge < -0.3 is 9.15 Å². The summed E-state index contributed by atoms with van der Waals surface area (Å²) < 4.78 is 50.9. The average molecular weight is 407 g/mol. The van der Waals surface area contributed by atoms with E-state index in [1.54, 1.807) is 12.1 Å². The van der Waals surface area contributed by atoms with Gasteiger partial charge in [-0.25, -0.2) is 0 Å². The van der Waals surface area contributed by atoms with Gasteiger partial charge in [0.05, 0.1) is 27.1 Å². The minimum atomic E-state index is -4.63. The van der Waals surface area contributed by atoms with Crippen LogP contribution in [0.25, 0.3) is 28.2 Å². The van der Waals surface area contributed by atoms with Crippen molar-refractivity contribution in [3.8, 4) is 16.9 Å². The van der Waals surface area contributed by atoms with Crippen LogP contribution in [0.3, 0.4) is 0 Å². The molecule has 0 spiro atoms. The molecule has 1 aliphatic heterocycles. The van der Waals surface area contributed by atoms with E-state index in [1.165, 1.54) is 12.3 Å². The molecule has 0 saturated heterocycles. The first-order valence-corrected chi connectivity index (χ1v) is 8.78. The Kier molecular flexibility index (Phi) is 4.08. The number of rotatable bonds is 1. The predicted octanol–water partition coefficient (Wildman–Crippen LogP) is 6.32. The number of hydrogen-bond acceptors (Lipinski definition) is 3. The smallest absolute Gasteiger partial charge is 0.417 e. The minimum Gasteiger partial charge on any atom is -0.483 e. The summed E-state index contributed by atoms with van der Waals surface area (Å²) in [5.74, 6) is 0.571. The van der Waals surface area contributed by atoms with Crippen molar-refractivity contribution in [3.05, 3.63) is 69.0 Å². The van der Waals surface area contributed by atoms with Crippen LogP contribution in [-0.4, -0.2) is 5.60 Å². The highest BCUT2D eigenvalue weighted by Crippen LogP contribution is 2.38. The SMILES string of the molecule is CC1(C)C=Cc2c(ccc3c(=O)c(-c4ccc(Cl)c(C(F)(F)F)c4)coc23)O1. The minimum absolute atomic E-state index is 0.0238. The lowest BCUT2D eigenvalue weighted by atomic mass is 9.98. The maximum Gasteiger partial charge on any atom is 0.417 e. The fourth-order valence-electron chi connectivity index (χ4n) is 3.16. The van der Waals surface area contributed by atoms with Gasteiger partial charge in [-0.2, -0.15) is 13.2 Å². The molecule has 2 aromatic carbocycles. The largest absolute Gasteiger partial charge is 0.483 e. The van der Waals surface area contributed by atoms with Gasteiger partial charge in [-0.15, -0.1) is 0 Å². The lowest BCUT2D eigenvalue weighted by Gasteiger charge is -2.27. The molecule has 2 heterocycles. The molecule has 3 aromatic rings. The Morgan fingerprint density at radius 3 is 2.57 bits per heavy atom. The number of hydrogen-bond donors (Lipinski definition) is 0. The van der Waals surface area contributed by atoms with Crippen LogP contribution in [0.5, 0.6) is 5.75 Å². The third kappa shape index (κ3) is 3.07. The third-order valence-corrected chi connectivity index (χ3v) is 4.88. The summed E-state index contributed by atoms with van der Waals surface area (Å²) in [5.41, 5.74) is -0.879. The summed E-state index contributed by atoms with van der Waals surface area (Å²) in [6.07, 6.45) is 0.200. The van der Waals surface area contributed by atoms with Crippen molar-refractivity contribution in [1.82, 2.24) is 0 Å². The lowest BCUT2D eigenvalue weighted by Crippen LogP contribution is -2.27.